The molecule has 2 aliphatic carbocycles. The van der Waals surface area contributed by atoms with Crippen LogP contribution >= 0.6 is 0 Å². The normalized spacial score (nSPS) is 32.2. The molecule has 0 radical (unpaired) electrons. The average Bonchev–Trinajstić information content (AvgIpc) is 3.18. The van der Waals surface area contributed by atoms with E-state index in [0.29, 0.717) is 18.8 Å². The monoisotopic (exact) mass is 522 g/mol. The fourth-order valence-electron chi connectivity index (χ4n) is 7.92. The first kappa shape index (κ1) is 25.1. The van der Waals surface area contributed by atoms with Crippen molar-refractivity contribution in [1.29, 1.82) is 0 Å². The van der Waals surface area contributed by atoms with Crippen LogP contribution < -0.4 is 9.46 Å². The third-order valence-corrected chi connectivity index (χ3v) is 10.6. The molecule has 2 aromatic rings. The van der Waals surface area contributed by atoms with Crippen molar-refractivity contribution in [3.05, 3.63) is 77.4 Å². The van der Waals surface area contributed by atoms with E-state index >= 15 is 0 Å². The van der Waals surface area contributed by atoms with Gasteiger partial charge >= 0.3 is 0 Å². The molecule has 0 unspecified atom stereocenters. The molecular formula is C30H38N2O4S. The fourth-order valence-corrected chi connectivity index (χ4v) is 9.40. The maximum Gasteiger partial charge on any atom is 0.216 e. The van der Waals surface area contributed by atoms with Gasteiger partial charge < -0.3 is 9.84 Å². The SMILES string of the molecule is C=CCN1CC[C@]23c4c5cccc4O[C@H]2[C@H](NS(=O)(=O)Cc2ccccc2CC(C)C)CC[C@@]3(O)[C@H]1C5. The van der Waals surface area contributed by atoms with Crippen LogP contribution in [0.3, 0.4) is 0 Å². The Morgan fingerprint density at radius 1 is 1.19 bits per heavy atom. The summed E-state index contributed by atoms with van der Waals surface area (Å²) < 4.78 is 36.8. The van der Waals surface area contributed by atoms with Crippen molar-refractivity contribution in [2.75, 3.05) is 13.1 Å². The van der Waals surface area contributed by atoms with E-state index < -0.39 is 33.2 Å². The number of benzene rings is 2. The van der Waals surface area contributed by atoms with Crippen molar-refractivity contribution in [3.63, 3.8) is 0 Å². The highest BCUT2D eigenvalue weighted by molar-refractivity contribution is 7.88. The molecule has 2 N–H and O–H groups in total. The molecule has 1 spiro atoms. The van der Waals surface area contributed by atoms with Gasteiger partial charge in [-0.2, -0.15) is 0 Å². The zero-order valence-electron chi connectivity index (χ0n) is 21.8. The number of nitrogens with zero attached hydrogens (tertiary/aromatic N) is 1. The third-order valence-electron chi connectivity index (χ3n) is 9.26. The number of nitrogens with one attached hydrogen (secondary N) is 1. The smallest absolute Gasteiger partial charge is 0.216 e. The van der Waals surface area contributed by atoms with Gasteiger partial charge in [0.25, 0.3) is 0 Å². The Hall–Kier alpha value is -2.19. The molecule has 2 aliphatic heterocycles. The summed E-state index contributed by atoms with van der Waals surface area (Å²) in [4.78, 5) is 2.35. The van der Waals surface area contributed by atoms with Gasteiger partial charge in [0.2, 0.25) is 10.0 Å². The first-order valence-electron chi connectivity index (χ1n) is 13.6. The van der Waals surface area contributed by atoms with E-state index in [-0.39, 0.29) is 11.8 Å². The van der Waals surface area contributed by atoms with Crippen LogP contribution in [0.25, 0.3) is 0 Å². The Morgan fingerprint density at radius 2 is 1.97 bits per heavy atom. The average molecular weight is 523 g/mol. The van der Waals surface area contributed by atoms with Gasteiger partial charge in [0, 0.05) is 18.2 Å². The van der Waals surface area contributed by atoms with E-state index in [0.717, 1.165) is 54.8 Å². The maximum absolute atomic E-state index is 13.6. The minimum absolute atomic E-state index is 0.0355. The number of aliphatic hydroxyl groups is 1. The molecule has 37 heavy (non-hydrogen) atoms. The Balaban J connectivity index is 1.33. The van der Waals surface area contributed by atoms with Gasteiger partial charge in [-0.1, -0.05) is 56.3 Å². The predicted molar refractivity (Wildman–Crippen MR) is 145 cm³/mol. The van der Waals surface area contributed by atoms with Crippen molar-refractivity contribution in [3.8, 4) is 5.75 Å². The molecule has 2 heterocycles. The lowest BCUT2D eigenvalue weighted by Gasteiger charge is -2.64. The molecule has 1 saturated heterocycles. The van der Waals surface area contributed by atoms with Crippen molar-refractivity contribution >= 4 is 10.0 Å². The van der Waals surface area contributed by atoms with Crippen LogP contribution in [-0.4, -0.2) is 55.3 Å². The number of hydrogen-bond acceptors (Lipinski definition) is 5. The predicted octanol–water partition coefficient (Wildman–Crippen LogP) is 3.71. The second-order valence-corrected chi connectivity index (χ2v) is 13.6. The molecule has 198 valence electrons. The van der Waals surface area contributed by atoms with Crippen molar-refractivity contribution < 1.29 is 18.3 Å². The summed E-state index contributed by atoms with van der Waals surface area (Å²) in [7, 11) is -3.63. The first-order valence-corrected chi connectivity index (χ1v) is 15.3. The lowest BCUT2D eigenvalue weighted by Crippen LogP contribution is -2.78. The van der Waals surface area contributed by atoms with Gasteiger partial charge in [0.15, 0.2) is 0 Å². The fraction of sp³-hybridized carbons (Fsp3) is 0.533. The van der Waals surface area contributed by atoms with E-state index in [1.165, 1.54) is 5.56 Å². The molecule has 0 amide bonds. The Labute approximate surface area is 220 Å². The summed E-state index contributed by atoms with van der Waals surface area (Å²) in [6.45, 7) is 9.79. The van der Waals surface area contributed by atoms with E-state index in [2.05, 4.69) is 36.1 Å². The molecule has 0 aromatic heterocycles. The summed E-state index contributed by atoms with van der Waals surface area (Å²) in [5.74, 6) is 1.20. The van der Waals surface area contributed by atoms with Crippen LogP contribution in [0.2, 0.25) is 0 Å². The van der Waals surface area contributed by atoms with Gasteiger partial charge in [0.1, 0.15) is 11.9 Å². The molecule has 6 rings (SSSR count). The molecule has 6 nitrogen and oxygen atoms in total. The van der Waals surface area contributed by atoms with E-state index in [9.17, 15) is 13.5 Å². The van der Waals surface area contributed by atoms with Crippen molar-refractivity contribution in [2.45, 2.75) is 80.9 Å². The topological polar surface area (TPSA) is 78.9 Å². The molecule has 7 heteroatoms. The van der Waals surface area contributed by atoms with Gasteiger partial charge in [0.05, 0.1) is 22.8 Å². The van der Waals surface area contributed by atoms with Crippen LogP contribution in [0.4, 0.5) is 0 Å². The maximum atomic E-state index is 13.6. The van der Waals surface area contributed by atoms with Crippen LogP contribution in [0, 0.1) is 5.92 Å². The summed E-state index contributed by atoms with van der Waals surface area (Å²) in [6, 6.07) is 13.6. The van der Waals surface area contributed by atoms with Gasteiger partial charge in [-0.25, -0.2) is 13.1 Å². The molecule has 4 aliphatic rings. The number of ether oxygens (including phenoxy) is 1. The van der Waals surface area contributed by atoms with E-state index in [1.54, 1.807) is 0 Å². The highest BCUT2D eigenvalue weighted by Gasteiger charge is 2.72. The lowest BCUT2D eigenvalue weighted by atomic mass is 9.48. The number of piperidine rings is 1. The van der Waals surface area contributed by atoms with Crippen LogP contribution in [0.5, 0.6) is 5.75 Å². The van der Waals surface area contributed by atoms with E-state index in [4.69, 9.17) is 4.74 Å². The lowest BCUT2D eigenvalue weighted by molar-refractivity contribution is -0.188. The molecule has 2 bridgehead atoms. The standard InChI is InChI=1S/C30H38N2O4S/c1-4-15-32-16-14-29-27-22-10-7-11-25(27)36-28(29)24(12-13-30(29,33)26(32)18-22)31-37(34,35)19-23-9-6-5-8-21(23)17-20(2)3/h4-11,20,24,26,28,31,33H,1,12-19H2,2-3H3/t24-,26-,28+,29+,30-/m1/s1. The largest absolute Gasteiger partial charge is 0.487 e. The van der Waals surface area contributed by atoms with Crippen LogP contribution in [0.15, 0.2) is 55.1 Å². The minimum Gasteiger partial charge on any atom is -0.487 e. The van der Waals surface area contributed by atoms with Crippen LogP contribution in [-0.2, 0) is 34.0 Å². The Morgan fingerprint density at radius 3 is 2.73 bits per heavy atom. The van der Waals surface area contributed by atoms with Crippen LogP contribution in [0.1, 0.15) is 55.4 Å². The highest BCUT2D eigenvalue weighted by atomic mass is 32.2. The highest BCUT2D eigenvalue weighted by Crippen LogP contribution is 2.63. The number of hydrogen-bond donors (Lipinski definition) is 2. The summed E-state index contributed by atoms with van der Waals surface area (Å²) in [6.07, 6.45) is 4.90. The van der Waals surface area contributed by atoms with Crippen molar-refractivity contribution in [2.24, 2.45) is 5.92 Å². The number of likely N-dealkylation sites (tertiary alicyclic amines) is 1. The Kier molecular flexibility index (Phi) is 6.07. The molecule has 5 atom stereocenters. The summed E-state index contributed by atoms with van der Waals surface area (Å²) in [5.41, 5.74) is 2.68. The minimum atomic E-state index is -3.63. The second kappa shape index (κ2) is 8.94. The van der Waals surface area contributed by atoms with Gasteiger partial charge in [-0.05, 0) is 67.3 Å². The van der Waals surface area contributed by atoms with Crippen molar-refractivity contribution in [1.82, 2.24) is 9.62 Å². The van der Waals surface area contributed by atoms with Gasteiger partial charge in [-0.15, -0.1) is 6.58 Å². The first-order chi connectivity index (χ1) is 17.7. The quantitative estimate of drug-likeness (QED) is 0.517. The zero-order valence-corrected chi connectivity index (χ0v) is 22.6. The molecule has 2 aromatic carbocycles. The molecule has 2 fully saturated rings. The summed E-state index contributed by atoms with van der Waals surface area (Å²) >= 11 is 0. The third kappa shape index (κ3) is 3.81. The molecule has 1 saturated carbocycles. The number of rotatable bonds is 8. The zero-order chi connectivity index (χ0) is 26.0. The van der Waals surface area contributed by atoms with E-state index in [1.807, 2.05) is 42.5 Å². The Bertz CT molecular complexity index is 1320. The molecular weight excluding hydrogens is 484 g/mol. The second-order valence-electron chi connectivity index (χ2n) is 11.9. The van der Waals surface area contributed by atoms with Gasteiger partial charge in [-0.3, -0.25) is 4.90 Å². The number of sulfonamides is 1. The summed E-state index contributed by atoms with van der Waals surface area (Å²) in [5, 5.41) is 12.4.